The largest absolute Gasteiger partial charge is 0.493 e. The molecule has 0 aliphatic carbocycles. The lowest BCUT2D eigenvalue weighted by atomic mass is 9.96. The molecule has 0 N–H and O–H groups in total. The molecule has 7 heteroatoms. The van der Waals surface area contributed by atoms with Gasteiger partial charge >= 0.3 is 0 Å². The Morgan fingerprint density at radius 1 is 1.19 bits per heavy atom. The van der Waals surface area contributed by atoms with Gasteiger partial charge in [-0.3, -0.25) is 0 Å². The second kappa shape index (κ2) is 6.35. The van der Waals surface area contributed by atoms with Crippen molar-refractivity contribution in [3.8, 4) is 5.75 Å². The molecular formula is C20H20N2O4S. The standard InChI is InChI=1S/C20H20N2O4S/c23-27(24,13-18-17-3-1-2-4-20(17)26-21-18)22-9-7-16(12-22)14-5-6-19-15(11-14)8-10-25-19/h1-6,11,16H,7-10,12-13H2/t16-/m1/s1. The first-order valence-corrected chi connectivity index (χ1v) is 10.8. The molecule has 27 heavy (non-hydrogen) atoms. The number of aromatic nitrogens is 1. The lowest BCUT2D eigenvalue weighted by molar-refractivity contribution is 0.357. The highest BCUT2D eigenvalue weighted by molar-refractivity contribution is 7.88. The summed E-state index contributed by atoms with van der Waals surface area (Å²) in [6.07, 6.45) is 1.76. The predicted octanol–water partition coefficient (Wildman–Crippen LogP) is 3.08. The van der Waals surface area contributed by atoms with Gasteiger partial charge in [0.1, 0.15) is 17.2 Å². The van der Waals surface area contributed by atoms with Crippen molar-refractivity contribution >= 4 is 21.0 Å². The minimum Gasteiger partial charge on any atom is -0.493 e. The molecule has 0 saturated carbocycles. The van der Waals surface area contributed by atoms with Gasteiger partial charge in [-0.1, -0.05) is 29.4 Å². The van der Waals surface area contributed by atoms with Crippen molar-refractivity contribution in [1.29, 1.82) is 0 Å². The highest BCUT2D eigenvalue weighted by atomic mass is 32.2. The molecule has 2 aliphatic heterocycles. The summed E-state index contributed by atoms with van der Waals surface area (Å²) >= 11 is 0. The fraction of sp³-hybridized carbons (Fsp3) is 0.350. The molecule has 140 valence electrons. The number of benzene rings is 2. The molecule has 1 aromatic heterocycles. The lowest BCUT2D eigenvalue weighted by Crippen LogP contribution is -2.30. The van der Waals surface area contributed by atoms with Crippen LogP contribution >= 0.6 is 0 Å². The molecule has 6 nitrogen and oxygen atoms in total. The quantitative estimate of drug-likeness (QED) is 0.691. The topological polar surface area (TPSA) is 72.6 Å². The molecule has 1 atom stereocenters. The molecule has 3 heterocycles. The number of fused-ring (bicyclic) bond motifs is 2. The van der Waals surface area contributed by atoms with Crippen molar-refractivity contribution in [1.82, 2.24) is 9.46 Å². The Morgan fingerprint density at radius 2 is 2.07 bits per heavy atom. The van der Waals surface area contributed by atoms with E-state index < -0.39 is 10.0 Å². The van der Waals surface area contributed by atoms with Crippen molar-refractivity contribution in [2.24, 2.45) is 0 Å². The van der Waals surface area contributed by atoms with Gasteiger partial charge < -0.3 is 9.26 Å². The molecule has 2 aliphatic rings. The van der Waals surface area contributed by atoms with E-state index in [-0.39, 0.29) is 11.7 Å². The third kappa shape index (κ3) is 3.00. The number of ether oxygens (including phenoxy) is 1. The van der Waals surface area contributed by atoms with Gasteiger partial charge in [-0.25, -0.2) is 12.7 Å². The number of hydrogen-bond donors (Lipinski definition) is 0. The number of rotatable bonds is 4. The van der Waals surface area contributed by atoms with Gasteiger partial charge in [0.2, 0.25) is 10.0 Å². The maximum Gasteiger partial charge on any atom is 0.220 e. The van der Waals surface area contributed by atoms with Gasteiger partial charge in [-0.05, 0) is 41.7 Å². The van der Waals surface area contributed by atoms with Crippen molar-refractivity contribution in [2.75, 3.05) is 19.7 Å². The molecule has 0 spiro atoms. The third-order valence-electron chi connectivity index (χ3n) is 5.50. The molecule has 0 amide bonds. The van der Waals surface area contributed by atoms with Crippen molar-refractivity contribution in [3.05, 3.63) is 59.3 Å². The van der Waals surface area contributed by atoms with Crippen LogP contribution in [0.5, 0.6) is 5.75 Å². The van der Waals surface area contributed by atoms with Crippen molar-refractivity contribution in [3.63, 3.8) is 0 Å². The zero-order chi connectivity index (χ0) is 18.4. The molecule has 1 fully saturated rings. The van der Waals surface area contributed by atoms with Crippen LogP contribution in [-0.2, 0) is 22.2 Å². The van der Waals surface area contributed by atoms with E-state index in [1.165, 1.54) is 11.1 Å². The molecule has 0 bridgehead atoms. The fourth-order valence-electron chi connectivity index (χ4n) is 4.02. The summed E-state index contributed by atoms with van der Waals surface area (Å²) in [5.41, 5.74) is 3.51. The number of hydrogen-bond acceptors (Lipinski definition) is 5. The third-order valence-corrected chi connectivity index (χ3v) is 7.26. The summed E-state index contributed by atoms with van der Waals surface area (Å²) in [6, 6.07) is 13.6. The van der Waals surface area contributed by atoms with Crippen LogP contribution < -0.4 is 4.74 Å². The SMILES string of the molecule is O=S(=O)(Cc1noc2ccccc12)N1CC[C@@H](c2ccc3c(c2)CCO3)C1. The molecule has 0 unspecified atom stereocenters. The van der Waals surface area contributed by atoms with Crippen LogP contribution in [0.1, 0.15) is 29.2 Å². The van der Waals surface area contributed by atoms with Gasteiger partial charge in [-0.15, -0.1) is 0 Å². The van der Waals surface area contributed by atoms with Crippen LogP contribution in [0.15, 0.2) is 47.0 Å². The Bertz CT molecular complexity index is 1110. The Morgan fingerprint density at radius 3 is 3.00 bits per heavy atom. The highest BCUT2D eigenvalue weighted by Gasteiger charge is 2.33. The van der Waals surface area contributed by atoms with Gasteiger partial charge in [-0.2, -0.15) is 0 Å². The summed E-state index contributed by atoms with van der Waals surface area (Å²) in [5, 5.41) is 4.73. The van der Waals surface area contributed by atoms with Gasteiger partial charge in [0, 0.05) is 24.9 Å². The fourth-order valence-corrected chi connectivity index (χ4v) is 5.55. The maximum absolute atomic E-state index is 12.9. The van der Waals surface area contributed by atoms with E-state index in [1.807, 2.05) is 24.3 Å². The Balaban J connectivity index is 1.34. The Labute approximate surface area is 157 Å². The van der Waals surface area contributed by atoms with Gasteiger partial charge in [0.05, 0.1) is 6.61 Å². The summed E-state index contributed by atoms with van der Waals surface area (Å²) in [4.78, 5) is 0. The van der Waals surface area contributed by atoms with E-state index >= 15 is 0 Å². The first kappa shape index (κ1) is 16.8. The zero-order valence-corrected chi connectivity index (χ0v) is 15.6. The molecule has 0 radical (unpaired) electrons. The second-order valence-corrected chi connectivity index (χ2v) is 9.16. The van der Waals surface area contributed by atoms with Crippen molar-refractivity contribution < 1.29 is 17.7 Å². The highest BCUT2D eigenvalue weighted by Crippen LogP contribution is 2.34. The van der Waals surface area contributed by atoms with Crippen LogP contribution in [-0.4, -0.2) is 37.6 Å². The average molecular weight is 384 g/mol. The first-order chi connectivity index (χ1) is 13.1. The maximum atomic E-state index is 12.9. The second-order valence-electron chi connectivity index (χ2n) is 7.19. The van der Waals surface area contributed by atoms with E-state index in [9.17, 15) is 8.42 Å². The Hall–Kier alpha value is -2.38. The number of nitrogens with zero attached hydrogens (tertiary/aromatic N) is 2. The summed E-state index contributed by atoms with van der Waals surface area (Å²) < 4.78 is 38.3. The van der Waals surface area contributed by atoms with E-state index in [0.29, 0.717) is 24.4 Å². The van der Waals surface area contributed by atoms with Gasteiger partial charge in [0.15, 0.2) is 5.58 Å². The minimum atomic E-state index is -3.44. The van der Waals surface area contributed by atoms with E-state index in [1.54, 1.807) is 10.4 Å². The molecular weight excluding hydrogens is 364 g/mol. The molecule has 1 saturated heterocycles. The molecule has 3 aromatic rings. The van der Waals surface area contributed by atoms with Crippen LogP contribution in [0.25, 0.3) is 11.0 Å². The molecule has 2 aromatic carbocycles. The van der Waals surface area contributed by atoms with E-state index in [4.69, 9.17) is 9.26 Å². The average Bonchev–Trinajstić information content (AvgIpc) is 3.41. The van der Waals surface area contributed by atoms with Crippen LogP contribution in [0.3, 0.4) is 0 Å². The normalized spacial score (nSPS) is 20.1. The molecule has 5 rings (SSSR count). The van der Waals surface area contributed by atoms with Crippen LogP contribution in [0.2, 0.25) is 0 Å². The minimum absolute atomic E-state index is 0.130. The van der Waals surface area contributed by atoms with Crippen molar-refractivity contribution in [2.45, 2.75) is 24.5 Å². The smallest absolute Gasteiger partial charge is 0.220 e. The zero-order valence-electron chi connectivity index (χ0n) is 14.8. The lowest BCUT2D eigenvalue weighted by Gasteiger charge is -2.16. The summed E-state index contributed by atoms with van der Waals surface area (Å²) in [6.45, 7) is 1.78. The summed E-state index contributed by atoms with van der Waals surface area (Å²) in [5.74, 6) is 1.05. The predicted molar refractivity (Wildman–Crippen MR) is 101 cm³/mol. The van der Waals surface area contributed by atoms with E-state index in [2.05, 4.69) is 17.3 Å². The summed E-state index contributed by atoms with van der Waals surface area (Å²) in [7, 11) is -3.44. The number of para-hydroxylation sites is 1. The van der Waals surface area contributed by atoms with Crippen LogP contribution in [0.4, 0.5) is 0 Å². The van der Waals surface area contributed by atoms with Crippen LogP contribution in [0, 0.1) is 0 Å². The van der Waals surface area contributed by atoms with Gasteiger partial charge in [0.25, 0.3) is 0 Å². The number of sulfonamides is 1. The monoisotopic (exact) mass is 384 g/mol. The Kier molecular flexibility index (Phi) is 3.94. The first-order valence-electron chi connectivity index (χ1n) is 9.17. The van der Waals surface area contributed by atoms with E-state index in [0.717, 1.165) is 30.6 Å².